The Morgan fingerprint density at radius 3 is 1.48 bits per heavy atom. The van der Waals surface area contributed by atoms with Gasteiger partial charge in [-0.2, -0.15) is 0 Å². The third-order valence-corrected chi connectivity index (χ3v) is 3.23. The topological polar surface area (TPSA) is 157 Å². The van der Waals surface area contributed by atoms with Crippen LogP contribution in [0.5, 0.6) is 11.5 Å². The van der Waals surface area contributed by atoms with E-state index in [-0.39, 0.29) is 52.4 Å². The molecule has 141 valence electrons. The summed E-state index contributed by atoms with van der Waals surface area (Å²) in [5.74, 6) is -0.786. The number of aliphatic imine (C=N–C) groups is 2. The normalized spacial score (nSPS) is 10.8. The van der Waals surface area contributed by atoms with Gasteiger partial charge in [-0.3, -0.25) is 30.2 Å². The first-order valence-corrected chi connectivity index (χ1v) is 7.29. The Morgan fingerprint density at radius 1 is 0.778 bits per heavy atom. The van der Waals surface area contributed by atoms with Gasteiger partial charge < -0.3 is 10.2 Å². The van der Waals surface area contributed by atoms with Gasteiger partial charge in [-0.25, -0.2) is 0 Å². The predicted octanol–water partition coefficient (Wildman–Crippen LogP) is 1.19. The fourth-order valence-corrected chi connectivity index (χ4v) is 1.94. The first-order valence-electron chi connectivity index (χ1n) is 7.29. The zero-order valence-electron chi connectivity index (χ0n) is 13.6. The second-order valence-corrected chi connectivity index (χ2v) is 5.03. The Bertz CT molecular complexity index is 827. The first kappa shape index (κ1) is 21.7. The van der Waals surface area contributed by atoms with E-state index in [9.17, 15) is 30.4 Å². The van der Waals surface area contributed by atoms with Crippen molar-refractivity contribution in [1.29, 1.82) is 0 Å². The van der Waals surface area contributed by atoms with Crippen molar-refractivity contribution in [3.8, 4) is 11.5 Å². The molecule has 0 spiro atoms. The third kappa shape index (κ3) is 6.16. The molecule has 2 aromatic carbocycles. The molecule has 1 radical (unpaired) electrons. The molecule has 10 nitrogen and oxygen atoms in total. The molecule has 0 bridgehead atoms. The minimum Gasteiger partial charge on any atom is -0.872 e. The van der Waals surface area contributed by atoms with Crippen LogP contribution < -0.4 is 10.2 Å². The largest absolute Gasteiger partial charge is 2.00 e. The molecular formula is C16H12CoN4O6. The Hall–Kier alpha value is -3.31. The maximum absolute atomic E-state index is 11.6. The molecule has 2 aromatic rings. The number of non-ortho nitro benzene ring substituents is 2. The summed E-state index contributed by atoms with van der Waals surface area (Å²) in [5.41, 5.74) is -0.247. The summed E-state index contributed by atoms with van der Waals surface area (Å²) in [7, 11) is 0. The molecule has 0 N–H and O–H groups in total. The molecular weight excluding hydrogens is 403 g/mol. The van der Waals surface area contributed by atoms with E-state index >= 15 is 0 Å². The third-order valence-electron chi connectivity index (χ3n) is 3.23. The number of nitro benzene ring substituents is 2. The number of benzene rings is 2. The fourth-order valence-electron chi connectivity index (χ4n) is 1.94. The van der Waals surface area contributed by atoms with Crippen molar-refractivity contribution in [2.45, 2.75) is 0 Å². The summed E-state index contributed by atoms with van der Waals surface area (Å²) in [6.07, 6.45) is 2.44. The Morgan fingerprint density at radius 2 is 1.15 bits per heavy atom. The second-order valence-electron chi connectivity index (χ2n) is 5.03. The quantitative estimate of drug-likeness (QED) is 0.286. The van der Waals surface area contributed by atoms with Crippen LogP contribution in [0.4, 0.5) is 11.4 Å². The van der Waals surface area contributed by atoms with E-state index in [4.69, 9.17) is 0 Å². The standard InChI is InChI=1S/C16H14N4O6.Co/c21-15-3-1-13(19(23)24)7-11(15)9-17-5-6-18-10-12-8-14(20(25)26)2-4-16(12)22;/h1-4,7-10,21-22H,5-6H2;/q;+2/p-2. The monoisotopic (exact) mass is 415 g/mol. The smallest absolute Gasteiger partial charge is 0.872 e. The van der Waals surface area contributed by atoms with Crippen LogP contribution in [-0.2, 0) is 16.8 Å². The molecule has 0 atom stereocenters. The van der Waals surface area contributed by atoms with E-state index in [2.05, 4.69) is 9.98 Å². The molecule has 0 aliphatic heterocycles. The van der Waals surface area contributed by atoms with Crippen LogP contribution in [0.3, 0.4) is 0 Å². The summed E-state index contributed by atoms with van der Waals surface area (Å²) in [5, 5.41) is 44.5. The molecule has 0 aliphatic carbocycles. The Balaban J connectivity index is 0.00000364. The van der Waals surface area contributed by atoms with Gasteiger partial charge in [0.15, 0.2) is 0 Å². The first-order chi connectivity index (χ1) is 12.4. The number of nitrogens with zero attached hydrogens (tertiary/aromatic N) is 4. The number of rotatable bonds is 7. The van der Waals surface area contributed by atoms with Gasteiger partial charge in [0.25, 0.3) is 11.4 Å². The molecule has 0 amide bonds. The van der Waals surface area contributed by atoms with Crippen molar-refractivity contribution in [1.82, 2.24) is 0 Å². The van der Waals surface area contributed by atoms with Crippen LogP contribution in [0.1, 0.15) is 11.1 Å². The zero-order valence-corrected chi connectivity index (χ0v) is 14.6. The van der Waals surface area contributed by atoms with Crippen molar-refractivity contribution < 1.29 is 36.8 Å². The van der Waals surface area contributed by atoms with Gasteiger partial charge in [-0.15, -0.1) is 0 Å². The second kappa shape index (κ2) is 9.99. The molecule has 0 heterocycles. The number of nitro groups is 2. The van der Waals surface area contributed by atoms with Gasteiger partial charge in [0, 0.05) is 36.7 Å². The van der Waals surface area contributed by atoms with Crippen molar-refractivity contribution in [2.75, 3.05) is 13.1 Å². The number of hydrogen-bond acceptors (Lipinski definition) is 8. The van der Waals surface area contributed by atoms with Gasteiger partial charge in [-0.05, 0) is 11.1 Å². The van der Waals surface area contributed by atoms with Crippen LogP contribution in [0, 0.1) is 20.2 Å². The van der Waals surface area contributed by atoms with E-state index in [1.165, 1.54) is 12.4 Å². The van der Waals surface area contributed by atoms with Crippen molar-refractivity contribution in [3.05, 3.63) is 67.8 Å². The molecule has 2 rings (SSSR count). The molecule has 0 fully saturated rings. The van der Waals surface area contributed by atoms with Crippen LogP contribution in [-0.4, -0.2) is 35.4 Å². The molecule has 0 aromatic heterocycles. The van der Waals surface area contributed by atoms with Crippen molar-refractivity contribution in [2.24, 2.45) is 9.98 Å². The minimum atomic E-state index is -0.610. The van der Waals surface area contributed by atoms with Gasteiger partial charge in [0.1, 0.15) is 0 Å². The summed E-state index contributed by atoms with van der Waals surface area (Å²) in [4.78, 5) is 28.0. The van der Waals surface area contributed by atoms with Crippen LogP contribution in [0.15, 0.2) is 46.4 Å². The van der Waals surface area contributed by atoms with Gasteiger partial charge >= 0.3 is 16.8 Å². The molecule has 0 aliphatic rings. The van der Waals surface area contributed by atoms with E-state index in [1.807, 2.05) is 0 Å². The molecule has 0 saturated heterocycles. The van der Waals surface area contributed by atoms with E-state index in [0.29, 0.717) is 0 Å². The summed E-state index contributed by atoms with van der Waals surface area (Å²) in [6, 6.07) is 6.67. The van der Waals surface area contributed by atoms with E-state index in [0.717, 1.165) is 36.4 Å². The van der Waals surface area contributed by atoms with E-state index < -0.39 is 21.3 Å². The van der Waals surface area contributed by atoms with Gasteiger partial charge in [-0.1, -0.05) is 23.6 Å². The predicted molar refractivity (Wildman–Crippen MR) is 90.0 cm³/mol. The van der Waals surface area contributed by atoms with Crippen LogP contribution in [0.2, 0.25) is 0 Å². The minimum absolute atomic E-state index is 0. The molecule has 11 heteroatoms. The summed E-state index contributed by atoms with van der Waals surface area (Å²) in [6.45, 7) is 0.337. The maximum Gasteiger partial charge on any atom is 2.00 e. The van der Waals surface area contributed by atoms with E-state index in [1.54, 1.807) is 0 Å². The molecule has 0 unspecified atom stereocenters. The summed E-state index contributed by atoms with van der Waals surface area (Å²) < 4.78 is 0. The summed E-state index contributed by atoms with van der Waals surface area (Å²) >= 11 is 0. The number of hydrogen-bond donors (Lipinski definition) is 0. The Kier molecular flexibility index (Phi) is 8.04. The fraction of sp³-hybridized carbons (Fsp3) is 0.125. The van der Waals surface area contributed by atoms with Gasteiger partial charge in [0.2, 0.25) is 0 Å². The zero-order chi connectivity index (χ0) is 19.1. The maximum atomic E-state index is 11.6. The van der Waals surface area contributed by atoms with Crippen LogP contribution in [0.25, 0.3) is 0 Å². The Labute approximate surface area is 163 Å². The average molecular weight is 415 g/mol. The average Bonchev–Trinajstić information content (AvgIpc) is 2.60. The molecule has 0 saturated carbocycles. The SMILES string of the molecule is O=[N+]([O-])c1ccc([O-])c(C=NCCN=Cc2cc([N+](=O)[O-])ccc2[O-])c1.[Co+2]. The van der Waals surface area contributed by atoms with Crippen molar-refractivity contribution >= 4 is 23.8 Å². The van der Waals surface area contributed by atoms with Crippen molar-refractivity contribution in [3.63, 3.8) is 0 Å². The van der Waals surface area contributed by atoms with Crippen LogP contribution >= 0.6 is 0 Å². The molecule has 27 heavy (non-hydrogen) atoms. The van der Waals surface area contributed by atoms with Gasteiger partial charge in [0.05, 0.1) is 22.9 Å².